The molecule has 0 aliphatic heterocycles. The normalized spacial score (nSPS) is 13.1. The minimum atomic E-state index is -4.52. The summed E-state index contributed by atoms with van der Waals surface area (Å²) in [4.78, 5) is 3.67. The molecule has 0 atom stereocenters. The van der Waals surface area contributed by atoms with Crippen LogP contribution in [0.4, 0.5) is 13.2 Å². The Morgan fingerprint density at radius 3 is 2.32 bits per heavy atom. The maximum absolute atomic E-state index is 12.2. The lowest BCUT2D eigenvalue weighted by molar-refractivity contribution is -0.154. The smallest absolute Gasteiger partial charge is 0.468 e. The summed E-state index contributed by atoms with van der Waals surface area (Å²) in [7, 11) is -1.60. The van der Waals surface area contributed by atoms with Gasteiger partial charge in [0, 0.05) is 11.7 Å². The van der Waals surface area contributed by atoms with E-state index in [1.807, 2.05) is 0 Å². The first-order chi connectivity index (χ1) is 9.83. The molecule has 1 heterocycles. The first-order valence-corrected chi connectivity index (χ1v) is 6.56. The van der Waals surface area contributed by atoms with Gasteiger partial charge in [-0.2, -0.15) is 13.2 Å². The second-order valence-corrected chi connectivity index (χ2v) is 5.84. The Hall–Kier alpha value is -1.32. The average Bonchev–Trinajstić information content (AvgIpc) is 2.34. The Labute approximate surface area is 127 Å². The Bertz CT molecular complexity index is 503. The van der Waals surface area contributed by atoms with Crippen LogP contribution in [0, 0.1) is 0 Å². The van der Waals surface area contributed by atoms with E-state index >= 15 is 0 Å². The summed E-state index contributed by atoms with van der Waals surface area (Å²) in [5.41, 5.74) is -2.50. The van der Waals surface area contributed by atoms with Gasteiger partial charge in [0.15, 0.2) is 6.61 Å². The van der Waals surface area contributed by atoms with Gasteiger partial charge in [0.2, 0.25) is 5.88 Å². The third-order valence-corrected chi connectivity index (χ3v) is 3.32. The molecule has 5 nitrogen and oxygen atoms in total. The minimum Gasteiger partial charge on any atom is -0.468 e. The van der Waals surface area contributed by atoms with Crippen LogP contribution in [0.5, 0.6) is 5.88 Å². The molecule has 0 saturated carbocycles. The molecule has 0 radical (unpaired) electrons. The fourth-order valence-corrected chi connectivity index (χ4v) is 1.35. The summed E-state index contributed by atoms with van der Waals surface area (Å²) >= 11 is 0. The summed E-state index contributed by atoms with van der Waals surface area (Å²) in [6, 6.07) is 2.77. The van der Waals surface area contributed by atoms with E-state index in [-0.39, 0.29) is 11.3 Å². The highest BCUT2D eigenvalue weighted by Crippen LogP contribution is 2.26. The van der Waals surface area contributed by atoms with Crippen molar-refractivity contribution in [2.24, 2.45) is 0 Å². The Balaban J connectivity index is 2.92. The molecule has 0 aliphatic rings. The molecule has 0 unspecified atom stereocenters. The molecule has 0 fully saturated rings. The van der Waals surface area contributed by atoms with E-state index in [0.29, 0.717) is 0 Å². The molecule has 0 aliphatic carbocycles. The maximum Gasteiger partial charge on any atom is 0.497 e. The summed E-state index contributed by atoms with van der Waals surface area (Å²) in [5, 5.41) is 20.1. The fraction of sp³-hybridized carbons (Fsp3) is 0.615. The highest BCUT2D eigenvalue weighted by atomic mass is 19.4. The molecular formula is C13H19BF3NO4. The molecule has 2 N–H and O–H groups in total. The second kappa shape index (κ2) is 6.43. The molecule has 124 valence electrons. The zero-order chi connectivity index (χ0) is 17.2. The lowest BCUT2D eigenvalue weighted by Crippen LogP contribution is -2.53. The molecule has 1 rings (SSSR count). The van der Waals surface area contributed by atoms with E-state index in [4.69, 9.17) is 4.65 Å². The predicted octanol–water partition coefficient (Wildman–Crippen LogP) is 1.28. The van der Waals surface area contributed by atoms with E-state index in [1.54, 1.807) is 13.8 Å². The number of aliphatic hydroxyl groups is 1. The Morgan fingerprint density at radius 1 is 1.23 bits per heavy atom. The number of alkyl halides is 3. The van der Waals surface area contributed by atoms with Crippen LogP contribution in [0.3, 0.4) is 0 Å². The molecule has 0 amide bonds. The zero-order valence-corrected chi connectivity index (χ0v) is 12.8. The van der Waals surface area contributed by atoms with Gasteiger partial charge in [0.25, 0.3) is 0 Å². The van der Waals surface area contributed by atoms with Crippen LogP contribution in [0.15, 0.2) is 18.3 Å². The SMILES string of the molecule is CC(C)(O)C(C)(C)OB(O)c1cccnc1OCC(F)(F)F. The number of hydrogen-bond acceptors (Lipinski definition) is 5. The van der Waals surface area contributed by atoms with Crippen molar-refractivity contribution in [2.45, 2.75) is 45.1 Å². The van der Waals surface area contributed by atoms with Crippen LogP contribution >= 0.6 is 0 Å². The van der Waals surface area contributed by atoms with Gasteiger partial charge in [-0.1, -0.05) is 6.07 Å². The van der Waals surface area contributed by atoms with Gasteiger partial charge in [0.1, 0.15) is 0 Å². The van der Waals surface area contributed by atoms with Gasteiger partial charge < -0.3 is 19.5 Å². The molecule has 22 heavy (non-hydrogen) atoms. The van der Waals surface area contributed by atoms with E-state index in [9.17, 15) is 23.3 Å². The third-order valence-electron chi connectivity index (χ3n) is 3.32. The van der Waals surface area contributed by atoms with Crippen LogP contribution in [-0.2, 0) is 4.65 Å². The van der Waals surface area contributed by atoms with Gasteiger partial charge in [-0.25, -0.2) is 4.98 Å². The molecule has 0 spiro atoms. The minimum absolute atomic E-state index is 0.0518. The van der Waals surface area contributed by atoms with Crippen molar-refractivity contribution in [1.82, 2.24) is 4.98 Å². The van der Waals surface area contributed by atoms with Crippen molar-refractivity contribution >= 4 is 12.6 Å². The first kappa shape index (κ1) is 18.7. The second-order valence-electron chi connectivity index (χ2n) is 5.84. The van der Waals surface area contributed by atoms with E-state index in [2.05, 4.69) is 9.72 Å². The summed E-state index contributed by atoms with van der Waals surface area (Å²) in [6.07, 6.45) is -3.28. The quantitative estimate of drug-likeness (QED) is 0.772. The number of hydrogen-bond donors (Lipinski definition) is 2. The number of pyridine rings is 1. The topological polar surface area (TPSA) is 71.8 Å². The highest BCUT2D eigenvalue weighted by Gasteiger charge is 2.40. The predicted molar refractivity (Wildman–Crippen MR) is 74.9 cm³/mol. The van der Waals surface area contributed by atoms with Crippen LogP contribution in [0.1, 0.15) is 27.7 Å². The Morgan fingerprint density at radius 2 is 1.82 bits per heavy atom. The van der Waals surface area contributed by atoms with E-state index in [0.717, 1.165) is 0 Å². The van der Waals surface area contributed by atoms with Gasteiger partial charge in [0.05, 0.1) is 11.2 Å². The maximum atomic E-state index is 12.2. The fourth-order valence-electron chi connectivity index (χ4n) is 1.35. The van der Waals surface area contributed by atoms with Crippen molar-refractivity contribution in [3.63, 3.8) is 0 Å². The number of nitrogens with zero attached hydrogens (tertiary/aromatic N) is 1. The average molecular weight is 321 g/mol. The lowest BCUT2D eigenvalue weighted by Gasteiger charge is -2.38. The molecule has 9 heteroatoms. The molecule has 1 aromatic rings. The number of aromatic nitrogens is 1. The monoisotopic (exact) mass is 321 g/mol. The van der Waals surface area contributed by atoms with Crippen molar-refractivity contribution in [3.8, 4) is 5.88 Å². The van der Waals surface area contributed by atoms with Crippen LogP contribution in [0.25, 0.3) is 0 Å². The van der Waals surface area contributed by atoms with Crippen LogP contribution in [-0.4, -0.2) is 46.2 Å². The van der Waals surface area contributed by atoms with Crippen molar-refractivity contribution in [2.75, 3.05) is 6.61 Å². The van der Waals surface area contributed by atoms with Gasteiger partial charge in [-0.3, -0.25) is 0 Å². The lowest BCUT2D eigenvalue weighted by atomic mass is 9.77. The van der Waals surface area contributed by atoms with Crippen LogP contribution < -0.4 is 10.2 Å². The molecule has 0 bridgehead atoms. The third kappa shape index (κ3) is 5.15. The first-order valence-electron chi connectivity index (χ1n) is 6.56. The number of rotatable bonds is 6. The van der Waals surface area contributed by atoms with E-state index < -0.39 is 31.1 Å². The van der Waals surface area contributed by atoms with E-state index in [1.165, 1.54) is 32.2 Å². The standard InChI is InChI=1S/C13H19BF3NO4/c1-11(2,19)12(3,4)22-14(20)9-6-5-7-18-10(9)21-8-13(15,16)17/h5-7,19-20H,8H2,1-4H3. The molecule has 1 aromatic heterocycles. The summed E-state index contributed by atoms with van der Waals surface area (Å²) in [6.45, 7) is 4.54. The summed E-state index contributed by atoms with van der Waals surface area (Å²) in [5.74, 6) is -0.376. The van der Waals surface area contributed by atoms with Crippen molar-refractivity contribution in [3.05, 3.63) is 18.3 Å². The molecule has 0 aromatic carbocycles. The zero-order valence-electron chi connectivity index (χ0n) is 12.8. The van der Waals surface area contributed by atoms with Crippen molar-refractivity contribution in [1.29, 1.82) is 0 Å². The number of ether oxygens (including phenoxy) is 1. The molecular weight excluding hydrogens is 302 g/mol. The largest absolute Gasteiger partial charge is 0.497 e. The number of halogens is 3. The van der Waals surface area contributed by atoms with Gasteiger partial charge in [-0.15, -0.1) is 0 Å². The van der Waals surface area contributed by atoms with Crippen molar-refractivity contribution < 1.29 is 32.7 Å². The Kier molecular flexibility index (Phi) is 5.48. The van der Waals surface area contributed by atoms with Gasteiger partial charge >= 0.3 is 13.3 Å². The summed E-state index contributed by atoms with van der Waals surface area (Å²) < 4.78 is 46.6. The van der Waals surface area contributed by atoms with Gasteiger partial charge in [-0.05, 0) is 33.8 Å². The molecule has 0 saturated heterocycles. The highest BCUT2D eigenvalue weighted by molar-refractivity contribution is 6.61. The van der Waals surface area contributed by atoms with Crippen LogP contribution in [0.2, 0.25) is 0 Å².